The summed E-state index contributed by atoms with van der Waals surface area (Å²) in [7, 11) is 2.55. The van der Waals surface area contributed by atoms with Crippen molar-refractivity contribution in [3.05, 3.63) is 76.3 Å². The smallest absolute Gasteiger partial charge is 0.212 e. The second-order valence-electron chi connectivity index (χ2n) is 5.34. The summed E-state index contributed by atoms with van der Waals surface area (Å²) in [6.07, 6.45) is 1.54. The third-order valence-electron chi connectivity index (χ3n) is 4.00. The molecule has 0 saturated heterocycles. The van der Waals surface area contributed by atoms with Gasteiger partial charge in [-0.15, -0.1) is 9.24 Å². The van der Waals surface area contributed by atoms with Gasteiger partial charge in [-0.05, 0) is 17.4 Å². The minimum Gasteiger partial charge on any atom is -0.410 e. The number of fused-ring (bicyclic) bond motifs is 2. The number of oxime groups is 1. The summed E-state index contributed by atoms with van der Waals surface area (Å²) in [5.41, 5.74) is 2.76. The molecule has 2 aromatic carbocycles. The van der Waals surface area contributed by atoms with Crippen molar-refractivity contribution in [3.63, 3.8) is 0 Å². The number of nitrogens with zero attached hydrogens (tertiary/aromatic N) is 3. The van der Waals surface area contributed by atoms with Gasteiger partial charge in [-0.2, -0.15) is 0 Å². The molecule has 1 aromatic heterocycles. The maximum atomic E-state index is 12.9. The minimum absolute atomic E-state index is 0.170. The van der Waals surface area contributed by atoms with Gasteiger partial charge in [0.2, 0.25) is 5.78 Å². The molecule has 0 bridgehead atoms. The Balaban J connectivity index is 1.97. The lowest BCUT2D eigenvalue weighted by molar-refractivity contribution is 0.103. The number of carbonyl (C=O) groups excluding carboxylic acids is 1. The van der Waals surface area contributed by atoms with Crippen LogP contribution in [-0.4, -0.2) is 26.3 Å². The molecule has 0 fully saturated rings. The van der Waals surface area contributed by atoms with Crippen molar-refractivity contribution >= 4 is 37.6 Å². The predicted octanol–water partition coefficient (Wildman–Crippen LogP) is 2.80. The van der Waals surface area contributed by atoms with Crippen LogP contribution in [-0.2, 0) is 0 Å². The maximum absolute atomic E-state index is 12.9. The minimum atomic E-state index is -0.170. The van der Waals surface area contributed by atoms with E-state index in [1.807, 2.05) is 12.1 Å². The average Bonchev–Trinajstić information content (AvgIpc) is 3.03. The van der Waals surface area contributed by atoms with Crippen LogP contribution in [0.5, 0.6) is 0 Å². The summed E-state index contributed by atoms with van der Waals surface area (Å²) < 4.78 is 1.66. The summed E-state index contributed by atoms with van der Waals surface area (Å²) >= 11 is 6.18. The van der Waals surface area contributed by atoms with Crippen molar-refractivity contribution in [1.82, 2.24) is 9.55 Å². The van der Waals surface area contributed by atoms with Crippen molar-refractivity contribution in [1.29, 1.82) is 0 Å². The van der Waals surface area contributed by atoms with Crippen LogP contribution in [0.3, 0.4) is 0 Å². The van der Waals surface area contributed by atoms with Crippen LogP contribution in [0.4, 0.5) is 0 Å². The molecule has 0 aliphatic heterocycles. The van der Waals surface area contributed by atoms with Crippen molar-refractivity contribution in [2.45, 2.75) is 0 Å². The number of hydrogen-bond donors (Lipinski definition) is 1. The second kappa shape index (κ2) is 5.55. The number of carbonyl (C=O) groups is 1. The topological polar surface area (TPSA) is 67.5 Å². The highest BCUT2D eigenvalue weighted by molar-refractivity contribution is 7.28. The molecule has 0 amide bonds. The Labute approximate surface area is 144 Å². The van der Waals surface area contributed by atoms with Crippen molar-refractivity contribution in [2.24, 2.45) is 5.16 Å². The van der Waals surface area contributed by atoms with Crippen LogP contribution in [0.15, 0.2) is 53.9 Å². The van der Waals surface area contributed by atoms with Gasteiger partial charge in [-0.3, -0.25) is 9.36 Å². The van der Waals surface area contributed by atoms with E-state index in [0.29, 0.717) is 33.2 Å². The van der Waals surface area contributed by atoms with Crippen LogP contribution in [0.2, 0.25) is 5.02 Å². The SMILES string of the molecule is O=C1c2ccccc2/C(=N\O)c2ncn(-c3ccc(P)c(Cl)c3)c21. The molecule has 4 rings (SSSR count). The molecule has 1 aliphatic carbocycles. The number of imidazole rings is 1. The fraction of sp³-hybridized carbons (Fsp3) is 0. The Morgan fingerprint density at radius 1 is 1.17 bits per heavy atom. The zero-order valence-electron chi connectivity index (χ0n) is 12.3. The van der Waals surface area contributed by atoms with E-state index in [1.165, 1.54) is 6.33 Å². The number of aromatic nitrogens is 2. The van der Waals surface area contributed by atoms with Gasteiger partial charge >= 0.3 is 0 Å². The fourth-order valence-electron chi connectivity index (χ4n) is 2.84. The van der Waals surface area contributed by atoms with Crippen molar-refractivity contribution < 1.29 is 10.0 Å². The molecule has 1 atom stereocenters. The van der Waals surface area contributed by atoms with E-state index in [1.54, 1.807) is 34.9 Å². The van der Waals surface area contributed by atoms with E-state index in [9.17, 15) is 10.0 Å². The zero-order valence-corrected chi connectivity index (χ0v) is 14.2. The Morgan fingerprint density at radius 3 is 2.62 bits per heavy atom. The monoisotopic (exact) mass is 355 g/mol. The quantitative estimate of drug-likeness (QED) is 0.324. The summed E-state index contributed by atoms with van der Waals surface area (Å²) in [6.45, 7) is 0. The predicted molar refractivity (Wildman–Crippen MR) is 95.2 cm³/mol. The Kier molecular flexibility index (Phi) is 3.48. The van der Waals surface area contributed by atoms with E-state index in [-0.39, 0.29) is 11.5 Å². The molecule has 1 unspecified atom stereocenters. The lowest BCUT2D eigenvalue weighted by Crippen LogP contribution is -2.23. The van der Waals surface area contributed by atoms with Gasteiger partial charge < -0.3 is 5.21 Å². The number of ketones is 1. The summed E-state index contributed by atoms with van der Waals surface area (Å²) in [5, 5.41) is 14.2. The molecule has 5 nitrogen and oxygen atoms in total. The van der Waals surface area contributed by atoms with E-state index in [2.05, 4.69) is 19.4 Å². The number of rotatable bonds is 1. The molecule has 24 heavy (non-hydrogen) atoms. The number of halogens is 1. The van der Waals surface area contributed by atoms with Crippen LogP contribution in [0, 0.1) is 0 Å². The molecule has 0 saturated carbocycles. The van der Waals surface area contributed by atoms with E-state index < -0.39 is 0 Å². The first-order valence-corrected chi connectivity index (χ1v) is 8.06. The van der Waals surface area contributed by atoms with Crippen molar-refractivity contribution in [2.75, 3.05) is 0 Å². The second-order valence-corrected chi connectivity index (χ2v) is 6.37. The van der Waals surface area contributed by atoms with Gasteiger partial charge in [-0.1, -0.05) is 47.1 Å². The first-order valence-electron chi connectivity index (χ1n) is 7.11. The Bertz CT molecular complexity index is 1030. The van der Waals surface area contributed by atoms with Crippen molar-refractivity contribution in [3.8, 4) is 5.69 Å². The number of hydrogen-bond acceptors (Lipinski definition) is 4. The Hall–Kier alpha value is -2.49. The van der Waals surface area contributed by atoms with Gasteiger partial charge in [0.1, 0.15) is 23.4 Å². The van der Waals surface area contributed by atoms with E-state index in [4.69, 9.17) is 11.6 Å². The molecular formula is C17H11ClN3O2P. The molecule has 1 N–H and O–H groups in total. The first kappa shape index (κ1) is 15.1. The van der Waals surface area contributed by atoms with Gasteiger partial charge in [-0.25, -0.2) is 4.98 Å². The lowest BCUT2D eigenvalue weighted by atomic mass is 9.89. The highest BCUT2D eigenvalue weighted by atomic mass is 35.5. The van der Waals surface area contributed by atoms with Crippen LogP contribution in [0.25, 0.3) is 5.69 Å². The maximum Gasteiger partial charge on any atom is 0.212 e. The molecule has 3 aromatic rings. The molecule has 118 valence electrons. The van der Waals surface area contributed by atoms with Gasteiger partial charge in [0, 0.05) is 21.8 Å². The zero-order chi connectivity index (χ0) is 16.8. The molecule has 1 aliphatic rings. The number of benzene rings is 2. The normalized spacial score (nSPS) is 14.6. The summed E-state index contributed by atoms with van der Waals surface area (Å²) in [6, 6.07) is 12.5. The van der Waals surface area contributed by atoms with E-state index >= 15 is 0 Å². The van der Waals surface area contributed by atoms with Gasteiger partial charge in [0.15, 0.2) is 0 Å². The third-order valence-corrected chi connectivity index (χ3v) is 5.01. The van der Waals surface area contributed by atoms with E-state index in [0.717, 1.165) is 5.30 Å². The Morgan fingerprint density at radius 2 is 1.92 bits per heavy atom. The molecule has 0 spiro atoms. The molecule has 7 heteroatoms. The first-order chi connectivity index (χ1) is 11.6. The van der Waals surface area contributed by atoms with Gasteiger partial charge in [0.25, 0.3) is 0 Å². The average molecular weight is 356 g/mol. The van der Waals surface area contributed by atoms with Crippen LogP contribution < -0.4 is 5.30 Å². The summed E-state index contributed by atoms with van der Waals surface area (Å²) in [4.78, 5) is 17.2. The highest BCUT2D eigenvalue weighted by Gasteiger charge is 2.33. The molecule has 0 radical (unpaired) electrons. The fourth-order valence-corrected chi connectivity index (χ4v) is 3.20. The standard InChI is InChI=1S/C17H11ClN3O2P/c18-12-7-9(5-6-13(12)24)21-8-19-15-14(20-23)10-3-1-2-4-11(10)17(22)16(15)21/h1-8,23H,24H2/b20-14+. The summed E-state index contributed by atoms with van der Waals surface area (Å²) in [5.74, 6) is -0.170. The van der Waals surface area contributed by atoms with Crippen LogP contribution in [0.1, 0.15) is 27.3 Å². The third kappa shape index (κ3) is 2.09. The largest absolute Gasteiger partial charge is 0.410 e. The van der Waals surface area contributed by atoms with Crippen LogP contribution >= 0.6 is 20.8 Å². The highest BCUT2D eigenvalue weighted by Crippen LogP contribution is 2.29. The molecule has 1 heterocycles. The molecular weight excluding hydrogens is 345 g/mol. The lowest BCUT2D eigenvalue weighted by Gasteiger charge is -2.17. The van der Waals surface area contributed by atoms with Gasteiger partial charge in [0.05, 0.1) is 0 Å².